The molecule has 16 heavy (non-hydrogen) atoms. The molecule has 0 saturated heterocycles. The summed E-state index contributed by atoms with van der Waals surface area (Å²) >= 11 is 0. The van der Waals surface area contributed by atoms with E-state index in [4.69, 9.17) is 5.11 Å². The molecule has 0 unspecified atom stereocenters. The fourth-order valence-electron chi connectivity index (χ4n) is 2.01. The highest BCUT2D eigenvalue weighted by Gasteiger charge is 2.22. The van der Waals surface area contributed by atoms with Crippen LogP contribution >= 0.6 is 0 Å². The van der Waals surface area contributed by atoms with Gasteiger partial charge in [0.25, 0.3) is 0 Å². The zero-order valence-corrected chi connectivity index (χ0v) is 9.06. The van der Waals surface area contributed by atoms with Crippen molar-refractivity contribution in [2.45, 2.75) is 19.8 Å². The topological polar surface area (TPSA) is 57.6 Å². The summed E-state index contributed by atoms with van der Waals surface area (Å²) in [5, 5.41) is 9.02. The predicted octanol–water partition coefficient (Wildman–Crippen LogP) is 2.32. The van der Waals surface area contributed by atoms with E-state index in [9.17, 15) is 9.59 Å². The van der Waals surface area contributed by atoms with Gasteiger partial charge in [-0.2, -0.15) is 0 Å². The van der Waals surface area contributed by atoms with E-state index >= 15 is 0 Å². The van der Waals surface area contributed by atoms with Crippen LogP contribution in [-0.4, -0.2) is 23.5 Å². The number of carbonyl (C=O) groups is 2. The van der Waals surface area contributed by atoms with Gasteiger partial charge >= 0.3 is 6.09 Å². The first kappa shape index (κ1) is 10.7. The molecule has 0 saturated carbocycles. The van der Waals surface area contributed by atoms with E-state index in [2.05, 4.69) is 0 Å². The summed E-state index contributed by atoms with van der Waals surface area (Å²) in [6, 6.07) is 5.20. The summed E-state index contributed by atoms with van der Waals surface area (Å²) in [7, 11) is 0. The van der Waals surface area contributed by atoms with E-state index in [0.29, 0.717) is 17.8 Å². The van der Waals surface area contributed by atoms with Gasteiger partial charge in [0.15, 0.2) is 5.78 Å². The molecule has 1 aromatic rings. The van der Waals surface area contributed by atoms with Crippen LogP contribution in [0.3, 0.4) is 0 Å². The van der Waals surface area contributed by atoms with Crippen molar-refractivity contribution in [2.24, 2.45) is 0 Å². The van der Waals surface area contributed by atoms with Gasteiger partial charge in [0.1, 0.15) is 0 Å². The molecule has 2 rings (SSSR count). The Kier molecular flexibility index (Phi) is 2.64. The summed E-state index contributed by atoms with van der Waals surface area (Å²) in [5.74, 6) is 0.00949. The number of hydrogen-bond acceptors (Lipinski definition) is 2. The Morgan fingerprint density at radius 3 is 2.75 bits per heavy atom. The maximum Gasteiger partial charge on any atom is 0.411 e. The molecule has 0 fully saturated rings. The van der Waals surface area contributed by atoms with Crippen molar-refractivity contribution < 1.29 is 14.7 Å². The highest BCUT2D eigenvalue weighted by molar-refractivity contribution is 5.96. The molecule has 1 aromatic carbocycles. The number of hydrogen-bond donors (Lipinski definition) is 1. The second kappa shape index (κ2) is 3.96. The second-order valence-electron chi connectivity index (χ2n) is 3.94. The molecular weight excluding hydrogens is 206 g/mol. The molecule has 0 aromatic heterocycles. The number of benzene rings is 1. The number of nitrogens with zero attached hydrogens (tertiary/aromatic N) is 1. The first-order valence-electron chi connectivity index (χ1n) is 5.24. The van der Waals surface area contributed by atoms with Crippen LogP contribution in [0.15, 0.2) is 18.2 Å². The number of carboxylic acid groups (broad SMARTS) is 1. The summed E-state index contributed by atoms with van der Waals surface area (Å²) in [6.45, 7) is 2.04. The number of carbonyl (C=O) groups excluding carboxylic acids is 1. The number of amides is 1. The number of aryl methyl sites for hydroxylation is 1. The van der Waals surface area contributed by atoms with Gasteiger partial charge in [0, 0.05) is 12.1 Å². The fraction of sp³-hybridized carbons (Fsp3) is 0.333. The molecule has 0 spiro atoms. The average Bonchev–Trinajstić information content (AvgIpc) is 2.27. The zero-order chi connectivity index (χ0) is 11.7. The molecule has 1 aliphatic heterocycles. The number of Topliss-reactive ketones (excluding diaryl/α,β-unsaturated/α-hetero) is 1. The molecule has 4 heteroatoms. The van der Waals surface area contributed by atoms with Gasteiger partial charge in [-0.15, -0.1) is 0 Å². The quantitative estimate of drug-likeness (QED) is 0.737. The van der Waals surface area contributed by atoms with Gasteiger partial charge in [0.2, 0.25) is 0 Å². The lowest BCUT2D eigenvalue weighted by Gasteiger charge is -2.27. The minimum Gasteiger partial charge on any atom is -0.465 e. The largest absolute Gasteiger partial charge is 0.465 e. The van der Waals surface area contributed by atoms with E-state index in [-0.39, 0.29) is 5.78 Å². The number of fused-ring (bicyclic) bond motifs is 1. The predicted molar refractivity (Wildman–Crippen MR) is 60.1 cm³/mol. The standard InChI is InChI=1S/C12H13NO3/c1-8(14)9-4-5-11-10(7-9)3-2-6-13(11)12(15)16/h4-5,7H,2-3,6H2,1H3,(H,15,16). The lowest BCUT2D eigenvalue weighted by molar-refractivity contribution is 0.101. The van der Waals surface area contributed by atoms with Gasteiger partial charge in [-0.05, 0) is 43.5 Å². The first-order valence-corrected chi connectivity index (χ1v) is 5.24. The Morgan fingerprint density at radius 1 is 1.38 bits per heavy atom. The third-order valence-corrected chi connectivity index (χ3v) is 2.84. The third-order valence-electron chi connectivity index (χ3n) is 2.84. The summed E-state index contributed by atoms with van der Waals surface area (Å²) in [5.41, 5.74) is 2.30. The van der Waals surface area contributed by atoms with Crippen LogP contribution in [0.2, 0.25) is 0 Å². The van der Waals surface area contributed by atoms with Gasteiger partial charge < -0.3 is 5.11 Å². The molecule has 0 radical (unpaired) electrons. The van der Waals surface area contributed by atoms with Crippen LogP contribution in [-0.2, 0) is 6.42 Å². The average molecular weight is 219 g/mol. The molecule has 4 nitrogen and oxygen atoms in total. The van der Waals surface area contributed by atoms with Crippen LogP contribution < -0.4 is 4.90 Å². The maximum atomic E-state index is 11.2. The van der Waals surface area contributed by atoms with Gasteiger partial charge in [-0.25, -0.2) is 4.79 Å². The molecule has 1 aliphatic rings. The van der Waals surface area contributed by atoms with E-state index in [1.807, 2.05) is 0 Å². The van der Waals surface area contributed by atoms with E-state index in [0.717, 1.165) is 18.4 Å². The Balaban J connectivity index is 2.44. The van der Waals surface area contributed by atoms with Crippen molar-refractivity contribution >= 4 is 17.6 Å². The van der Waals surface area contributed by atoms with E-state index in [1.54, 1.807) is 18.2 Å². The fourth-order valence-corrected chi connectivity index (χ4v) is 2.01. The maximum absolute atomic E-state index is 11.2. The van der Waals surface area contributed by atoms with Crippen molar-refractivity contribution in [3.8, 4) is 0 Å². The number of rotatable bonds is 1. The summed E-state index contributed by atoms with van der Waals surface area (Å²) < 4.78 is 0. The van der Waals surface area contributed by atoms with Crippen LogP contribution in [0, 0.1) is 0 Å². The molecule has 1 N–H and O–H groups in total. The number of ketones is 1. The van der Waals surface area contributed by atoms with E-state index in [1.165, 1.54) is 11.8 Å². The van der Waals surface area contributed by atoms with Crippen LogP contribution in [0.25, 0.3) is 0 Å². The smallest absolute Gasteiger partial charge is 0.411 e. The lowest BCUT2D eigenvalue weighted by atomic mass is 9.98. The van der Waals surface area contributed by atoms with Crippen molar-refractivity contribution in [3.63, 3.8) is 0 Å². The lowest BCUT2D eigenvalue weighted by Crippen LogP contribution is -2.34. The minimum atomic E-state index is -0.934. The molecular formula is C12H13NO3. The van der Waals surface area contributed by atoms with Crippen molar-refractivity contribution in [1.29, 1.82) is 0 Å². The highest BCUT2D eigenvalue weighted by atomic mass is 16.4. The Hall–Kier alpha value is -1.84. The van der Waals surface area contributed by atoms with Crippen LogP contribution in [0.5, 0.6) is 0 Å². The first-order chi connectivity index (χ1) is 7.59. The number of anilines is 1. The highest BCUT2D eigenvalue weighted by Crippen LogP contribution is 2.28. The molecule has 1 amide bonds. The SMILES string of the molecule is CC(=O)c1ccc2c(c1)CCCN2C(=O)O. The molecule has 1 heterocycles. The Morgan fingerprint density at radius 2 is 2.12 bits per heavy atom. The summed E-state index contributed by atoms with van der Waals surface area (Å²) in [6.07, 6.45) is 0.706. The van der Waals surface area contributed by atoms with Gasteiger partial charge in [-0.3, -0.25) is 9.69 Å². The normalized spacial score (nSPS) is 14.4. The Bertz CT molecular complexity index is 454. The molecule has 0 atom stereocenters. The zero-order valence-electron chi connectivity index (χ0n) is 9.06. The molecule has 84 valence electrons. The van der Waals surface area contributed by atoms with Crippen molar-refractivity contribution in [1.82, 2.24) is 0 Å². The third kappa shape index (κ3) is 1.78. The van der Waals surface area contributed by atoms with Gasteiger partial charge in [0.05, 0.1) is 5.69 Å². The molecule has 0 aliphatic carbocycles. The van der Waals surface area contributed by atoms with Crippen LogP contribution in [0.1, 0.15) is 29.3 Å². The van der Waals surface area contributed by atoms with Gasteiger partial charge in [-0.1, -0.05) is 0 Å². The summed E-state index contributed by atoms with van der Waals surface area (Å²) in [4.78, 5) is 23.5. The second-order valence-corrected chi connectivity index (χ2v) is 3.94. The monoisotopic (exact) mass is 219 g/mol. The minimum absolute atomic E-state index is 0.00949. The van der Waals surface area contributed by atoms with Crippen LogP contribution in [0.4, 0.5) is 10.5 Å². The Labute approximate surface area is 93.5 Å². The van der Waals surface area contributed by atoms with Crippen molar-refractivity contribution in [3.05, 3.63) is 29.3 Å². The van der Waals surface area contributed by atoms with Crippen molar-refractivity contribution in [2.75, 3.05) is 11.4 Å². The molecule has 0 bridgehead atoms. The van der Waals surface area contributed by atoms with E-state index < -0.39 is 6.09 Å².